The van der Waals surface area contributed by atoms with E-state index < -0.39 is 0 Å². The second kappa shape index (κ2) is 10.2. The smallest absolute Gasteiger partial charge is 0.191 e. The molecule has 0 saturated heterocycles. The highest BCUT2D eigenvalue weighted by Crippen LogP contribution is 2.18. The highest BCUT2D eigenvalue weighted by Gasteiger charge is 2.09. The maximum absolute atomic E-state index is 4.60. The molecule has 1 aromatic rings. The van der Waals surface area contributed by atoms with Crippen LogP contribution in [0.25, 0.3) is 0 Å². The second-order valence-corrected chi connectivity index (χ2v) is 6.22. The van der Waals surface area contributed by atoms with Gasteiger partial charge in [0.05, 0.1) is 12.2 Å². The number of thiazole rings is 1. The van der Waals surface area contributed by atoms with Crippen LogP contribution in [0.2, 0.25) is 0 Å². The van der Waals surface area contributed by atoms with Gasteiger partial charge in [0, 0.05) is 32.1 Å². The van der Waals surface area contributed by atoms with Gasteiger partial charge in [-0.15, -0.1) is 35.3 Å². The van der Waals surface area contributed by atoms with Crippen LogP contribution in [0.1, 0.15) is 33.4 Å². The van der Waals surface area contributed by atoms with Crippen molar-refractivity contribution in [3.8, 4) is 0 Å². The van der Waals surface area contributed by atoms with Gasteiger partial charge in [0.25, 0.3) is 0 Å². The zero-order valence-electron chi connectivity index (χ0n) is 13.8. The van der Waals surface area contributed by atoms with Gasteiger partial charge in [-0.3, -0.25) is 0 Å². The highest BCUT2D eigenvalue weighted by molar-refractivity contribution is 14.0. The molecular weight excluding hydrogens is 397 g/mol. The van der Waals surface area contributed by atoms with Crippen LogP contribution in [-0.4, -0.2) is 37.6 Å². The molecule has 21 heavy (non-hydrogen) atoms. The lowest BCUT2D eigenvalue weighted by atomic mass is 10.1. The van der Waals surface area contributed by atoms with Crippen molar-refractivity contribution in [1.29, 1.82) is 0 Å². The van der Waals surface area contributed by atoms with E-state index in [1.54, 1.807) is 11.3 Å². The Bertz CT molecular complexity index is 431. The molecule has 2 N–H and O–H groups in total. The molecule has 1 aromatic heterocycles. The fraction of sp³-hybridized carbons (Fsp3) is 0.714. The van der Waals surface area contributed by atoms with E-state index in [2.05, 4.69) is 53.7 Å². The van der Waals surface area contributed by atoms with Gasteiger partial charge in [-0.1, -0.05) is 13.8 Å². The minimum atomic E-state index is 0. The number of anilines is 1. The Labute approximate surface area is 149 Å². The van der Waals surface area contributed by atoms with Gasteiger partial charge in [-0.2, -0.15) is 0 Å². The van der Waals surface area contributed by atoms with E-state index in [0.717, 1.165) is 23.3 Å². The number of hydrogen-bond acceptors (Lipinski definition) is 4. The Kier molecular flexibility index (Phi) is 9.93. The van der Waals surface area contributed by atoms with Gasteiger partial charge in [0.15, 0.2) is 11.1 Å². The first-order valence-electron chi connectivity index (χ1n) is 7.10. The maximum atomic E-state index is 4.60. The van der Waals surface area contributed by atoms with E-state index >= 15 is 0 Å². The van der Waals surface area contributed by atoms with E-state index in [4.69, 9.17) is 0 Å². The van der Waals surface area contributed by atoms with Gasteiger partial charge < -0.3 is 15.5 Å². The normalized spacial score (nSPS) is 12.8. The summed E-state index contributed by atoms with van der Waals surface area (Å²) in [6.45, 7) is 10.1. The lowest BCUT2D eigenvalue weighted by molar-refractivity contribution is 0.481. The van der Waals surface area contributed by atoms with Crippen molar-refractivity contribution >= 4 is 46.4 Å². The summed E-state index contributed by atoms with van der Waals surface area (Å²) in [5.74, 6) is 1.42. The number of aliphatic imine (C=N–C) groups is 1. The minimum Gasteiger partial charge on any atom is -0.357 e. The number of nitrogens with zero attached hydrogens (tertiary/aromatic N) is 3. The van der Waals surface area contributed by atoms with Gasteiger partial charge in [0.1, 0.15) is 0 Å². The van der Waals surface area contributed by atoms with E-state index in [9.17, 15) is 0 Å². The molecule has 0 radical (unpaired) electrons. The predicted molar refractivity (Wildman–Crippen MR) is 104 cm³/mol. The third-order valence-corrected chi connectivity index (χ3v) is 4.09. The summed E-state index contributed by atoms with van der Waals surface area (Å²) in [5.41, 5.74) is 1.01. The van der Waals surface area contributed by atoms with Crippen molar-refractivity contribution in [2.24, 2.45) is 10.9 Å². The van der Waals surface area contributed by atoms with Gasteiger partial charge in [0.2, 0.25) is 0 Å². The molecule has 122 valence electrons. The van der Waals surface area contributed by atoms with Crippen molar-refractivity contribution < 1.29 is 0 Å². The summed E-state index contributed by atoms with van der Waals surface area (Å²) in [4.78, 5) is 11.2. The molecule has 5 nitrogen and oxygen atoms in total. The number of guanidine groups is 1. The molecule has 0 bridgehead atoms. The third-order valence-electron chi connectivity index (χ3n) is 3.03. The molecule has 0 aliphatic heterocycles. The lowest BCUT2D eigenvalue weighted by Gasteiger charge is -2.20. The fourth-order valence-corrected chi connectivity index (χ4v) is 2.19. The first-order valence-corrected chi connectivity index (χ1v) is 7.98. The molecule has 0 amide bonds. The average molecular weight is 425 g/mol. The molecule has 0 aromatic carbocycles. The molecule has 0 fully saturated rings. The molecule has 0 saturated carbocycles. The van der Waals surface area contributed by atoms with Crippen LogP contribution in [0, 0.1) is 5.92 Å². The molecule has 0 aliphatic rings. The summed E-state index contributed by atoms with van der Waals surface area (Å²) in [5, 5.41) is 9.77. The van der Waals surface area contributed by atoms with Crippen molar-refractivity contribution in [3.63, 3.8) is 0 Å². The topological polar surface area (TPSA) is 52.6 Å². The second-order valence-electron chi connectivity index (χ2n) is 5.39. The predicted octanol–water partition coefficient (Wildman–Crippen LogP) is 2.93. The first kappa shape index (κ1) is 20.4. The van der Waals surface area contributed by atoms with E-state index in [-0.39, 0.29) is 24.0 Å². The van der Waals surface area contributed by atoms with Crippen LogP contribution in [0.15, 0.2) is 10.4 Å². The van der Waals surface area contributed by atoms with Crippen molar-refractivity contribution in [3.05, 3.63) is 11.1 Å². The summed E-state index contributed by atoms with van der Waals surface area (Å²) >= 11 is 1.65. The van der Waals surface area contributed by atoms with Gasteiger partial charge in [-0.05, 0) is 19.8 Å². The van der Waals surface area contributed by atoms with Crippen LogP contribution in [0.3, 0.4) is 0 Å². The monoisotopic (exact) mass is 425 g/mol. The van der Waals surface area contributed by atoms with E-state index in [1.807, 2.05) is 19.0 Å². The Morgan fingerprint density at radius 3 is 2.52 bits per heavy atom. The largest absolute Gasteiger partial charge is 0.357 e. The Morgan fingerprint density at radius 1 is 1.38 bits per heavy atom. The Morgan fingerprint density at radius 2 is 2.05 bits per heavy atom. The molecule has 0 aliphatic carbocycles. The lowest BCUT2D eigenvalue weighted by Crippen LogP contribution is -2.44. The molecular formula is C14H28IN5S. The number of aromatic nitrogens is 1. The Balaban J connectivity index is 0.00000400. The summed E-state index contributed by atoms with van der Waals surface area (Å²) in [7, 11) is 4.00. The van der Waals surface area contributed by atoms with Crippen LogP contribution in [-0.2, 0) is 6.54 Å². The molecule has 0 spiro atoms. The van der Waals surface area contributed by atoms with Crippen LogP contribution >= 0.6 is 35.3 Å². The molecule has 1 atom stereocenters. The zero-order valence-corrected chi connectivity index (χ0v) is 17.0. The highest BCUT2D eigenvalue weighted by atomic mass is 127. The van der Waals surface area contributed by atoms with Crippen molar-refractivity contribution in [1.82, 2.24) is 15.6 Å². The summed E-state index contributed by atoms with van der Waals surface area (Å²) in [6.07, 6.45) is 0. The van der Waals surface area contributed by atoms with E-state index in [1.165, 1.54) is 0 Å². The summed E-state index contributed by atoms with van der Waals surface area (Å²) < 4.78 is 0. The molecule has 7 heteroatoms. The SMILES string of the molecule is CCNC(=NCc1csc(N(C)C)n1)NC(C)C(C)C.I. The first-order chi connectivity index (χ1) is 9.43. The van der Waals surface area contributed by atoms with Gasteiger partial charge in [-0.25, -0.2) is 9.98 Å². The van der Waals surface area contributed by atoms with E-state index in [0.29, 0.717) is 18.5 Å². The summed E-state index contributed by atoms with van der Waals surface area (Å²) in [6, 6.07) is 0.389. The maximum Gasteiger partial charge on any atom is 0.191 e. The number of halogens is 1. The van der Waals surface area contributed by atoms with Crippen molar-refractivity contribution in [2.75, 3.05) is 25.5 Å². The zero-order chi connectivity index (χ0) is 15.1. The standard InChI is InChI=1S/C14H27N5S.HI/c1-7-15-13(17-11(4)10(2)3)16-8-12-9-20-14(18-12)19(5)6;/h9-11H,7-8H2,1-6H3,(H2,15,16,17);1H. The van der Waals surface area contributed by atoms with Crippen molar-refractivity contribution in [2.45, 2.75) is 40.3 Å². The fourth-order valence-electron chi connectivity index (χ4n) is 1.44. The Hall–Kier alpha value is -0.570. The number of rotatable bonds is 6. The number of nitrogens with one attached hydrogen (secondary N) is 2. The van der Waals surface area contributed by atoms with Gasteiger partial charge >= 0.3 is 0 Å². The third kappa shape index (κ3) is 7.30. The molecule has 1 rings (SSSR count). The average Bonchev–Trinajstić information content (AvgIpc) is 2.85. The van der Waals surface area contributed by atoms with Crippen LogP contribution in [0.5, 0.6) is 0 Å². The quantitative estimate of drug-likeness (QED) is 0.418. The minimum absolute atomic E-state index is 0. The molecule has 1 unspecified atom stereocenters. The van der Waals surface area contributed by atoms with Crippen LogP contribution < -0.4 is 15.5 Å². The van der Waals surface area contributed by atoms with Crippen LogP contribution in [0.4, 0.5) is 5.13 Å². The number of hydrogen-bond donors (Lipinski definition) is 2. The molecule has 1 heterocycles.